The maximum Gasteiger partial charge on any atom is 0.242 e. The first kappa shape index (κ1) is 16.3. The summed E-state index contributed by atoms with van der Waals surface area (Å²) >= 11 is 0. The number of sulfonamides is 1. The Morgan fingerprint density at radius 3 is 2.76 bits per heavy atom. The first-order valence-corrected chi connectivity index (χ1v) is 8.82. The number of likely N-dealkylation sites (N-methyl/N-ethyl adjacent to an activating group) is 1. The molecule has 1 heterocycles. The molecule has 0 amide bonds. The average molecular weight is 311 g/mol. The van der Waals surface area contributed by atoms with Crippen molar-refractivity contribution in [2.24, 2.45) is 0 Å². The topological polar surface area (TPSA) is 52.7 Å². The zero-order chi connectivity index (χ0) is 15.5. The maximum atomic E-state index is 12.1. The molecule has 0 saturated carbocycles. The van der Waals surface area contributed by atoms with Gasteiger partial charge in [-0.25, -0.2) is 12.7 Å². The van der Waals surface area contributed by atoms with Crippen LogP contribution in [0.25, 0.3) is 0 Å². The molecule has 1 aromatic rings. The van der Waals surface area contributed by atoms with Crippen molar-refractivity contribution >= 4 is 15.7 Å². The van der Waals surface area contributed by atoms with Gasteiger partial charge in [0.25, 0.3) is 0 Å². The van der Waals surface area contributed by atoms with Gasteiger partial charge in [0.05, 0.1) is 4.90 Å². The predicted molar refractivity (Wildman–Crippen MR) is 86.1 cm³/mol. The molecule has 1 atom stereocenters. The van der Waals surface area contributed by atoms with Gasteiger partial charge in [-0.15, -0.1) is 0 Å². The van der Waals surface area contributed by atoms with Crippen LogP contribution in [0.3, 0.4) is 0 Å². The molecule has 0 radical (unpaired) electrons. The van der Waals surface area contributed by atoms with Gasteiger partial charge in [0, 0.05) is 32.4 Å². The monoisotopic (exact) mass is 311 g/mol. The minimum Gasteiger partial charge on any atom is -0.383 e. The van der Waals surface area contributed by atoms with Crippen LogP contribution >= 0.6 is 0 Å². The fourth-order valence-electron chi connectivity index (χ4n) is 2.62. The number of hydrogen-bond donors (Lipinski definition) is 1. The molecule has 6 heteroatoms. The molecule has 21 heavy (non-hydrogen) atoms. The van der Waals surface area contributed by atoms with Gasteiger partial charge in [-0.05, 0) is 44.6 Å². The summed E-state index contributed by atoms with van der Waals surface area (Å²) in [5.41, 5.74) is 0.858. The smallest absolute Gasteiger partial charge is 0.242 e. The first-order chi connectivity index (χ1) is 9.91. The van der Waals surface area contributed by atoms with Crippen LogP contribution in [-0.2, 0) is 10.0 Å². The second-order valence-corrected chi connectivity index (χ2v) is 7.98. The third-order valence-electron chi connectivity index (χ3n) is 4.08. The van der Waals surface area contributed by atoms with Crippen molar-refractivity contribution in [1.82, 2.24) is 9.21 Å². The van der Waals surface area contributed by atoms with Gasteiger partial charge in [-0.1, -0.05) is 12.5 Å². The van der Waals surface area contributed by atoms with Gasteiger partial charge in [-0.2, -0.15) is 0 Å². The SMILES string of the molecule is CN1CCCCC1CNc1cccc(S(=O)(=O)N(C)C)c1. The number of anilines is 1. The normalized spacial score (nSPS) is 20.7. The highest BCUT2D eigenvalue weighted by Gasteiger charge is 2.19. The predicted octanol–water partition coefficient (Wildman–Crippen LogP) is 1.83. The summed E-state index contributed by atoms with van der Waals surface area (Å²) in [4.78, 5) is 2.70. The van der Waals surface area contributed by atoms with E-state index in [9.17, 15) is 8.42 Å². The van der Waals surface area contributed by atoms with Crippen molar-refractivity contribution in [3.05, 3.63) is 24.3 Å². The van der Waals surface area contributed by atoms with E-state index in [1.165, 1.54) is 23.6 Å². The van der Waals surface area contributed by atoms with E-state index in [1.807, 2.05) is 6.07 Å². The molecule has 1 aliphatic rings. The molecule has 0 bridgehead atoms. The molecule has 2 rings (SSSR count). The molecule has 1 fully saturated rings. The highest BCUT2D eigenvalue weighted by atomic mass is 32.2. The summed E-state index contributed by atoms with van der Waals surface area (Å²) in [5, 5.41) is 3.37. The number of rotatable bonds is 5. The van der Waals surface area contributed by atoms with Crippen molar-refractivity contribution in [3.63, 3.8) is 0 Å². The Hall–Kier alpha value is -1.11. The van der Waals surface area contributed by atoms with E-state index in [4.69, 9.17) is 0 Å². The summed E-state index contributed by atoms with van der Waals surface area (Å²) in [5.74, 6) is 0. The van der Waals surface area contributed by atoms with Gasteiger partial charge in [0.2, 0.25) is 10.0 Å². The van der Waals surface area contributed by atoms with Crippen molar-refractivity contribution < 1.29 is 8.42 Å². The summed E-state index contributed by atoms with van der Waals surface area (Å²) in [6.07, 6.45) is 3.73. The molecule has 1 saturated heterocycles. The van der Waals surface area contributed by atoms with Gasteiger partial charge >= 0.3 is 0 Å². The maximum absolute atomic E-state index is 12.1. The minimum atomic E-state index is -3.37. The van der Waals surface area contributed by atoms with E-state index < -0.39 is 10.0 Å². The Morgan fingerprint density at radius 2 is 2.10 bits per heavy atom. The lowest BCUT2D eigenvalue weighted by atomic mass is 10.0. The fourth-order valence-corrected chi connectivity index (χ4v) is 3.56. The Labute approximate surface area is 128 Å². The molecular weight excluding hydrogens is 286 g/mol. The number of nitrogens with zero attached hydrogens (tertiary/aromatic N) is 2. The molecule has 1 unspecified atom stereocenters. The minimum absolute atomic E-state index is 0.328. The van der Waals surface area contributed by atoms with Crippen molar-refractivity contribution in [2.45, 2.75) is 30.2 Å². The molecule has 1 aromatic carbocycles. The third-order valence-corrected chi connectivity index (χ3v) is 5.89. The molecule has 1 aliphatic heterocycles. The summed E-state index contributed by atoms with van der Waals surface area (Å²) in [6.45, 7) is 1.99. The number of piperidine rings is 1. The molecule has 118 valence electrons. The second kappa shape index (κ2) is 6.77. The van der Waals surface area contributed by atoms with Gasteiger partial charge in [0.15, 0.2) is 0 Å². The first-order valence-electron chi connectivity index (χ1n) is 7.38. The lowest BCUT2D eigenvalue weighted by molar-refractivity contribution is 0.194. The Kier molecular flexibility index (Phi) is 5.24. The van der Waals surface area contributed by atoms with E-state index in [0.717, 1.165) is 18.8 Å². The molecule has 1 N–H and O–H groups in total. The van der Waals surface area contributed by atoms with E-state index in [2.05, 4.69) is 17.3 Å². The van der Waals surface area contributed by atoms with Crippen molar-refractivity contribution in [1.29, 1.82) is 0 Å². The van der Waals surface area contributed by atoms with Crippen LogP contribution in [0.5, 0.6) is 0 Å². The average Bonchev–Trinajstić information content (AvgIpc) is 2.46. The Balaban J connectivity index is 2.05. The zero-order valence-corrected chi connectivity index (χ0v) is 13.9. The fraction of sp³-hybridized carbons (Fsp3) is 0.600. The number of hydrogen-bond acceptors (Lipinski definition) is 4. The highest BCUT2D eigenvalue weighted by Crippen LogP contribution is 2.19. The van der Waals surface area contributed by atoms with Gasteiger partial charge in [-0.3, -0.25) is 0 Å². The standard InChI is InChI=1S/C15H25N3O2S/c1-17(2)21(19,20)15-9-6-7-13(11-15)16-12-14-8-4-5-10-18(14)3/h6-7,9,11,14,16H,4-5,8,10,12H2,1-3H3. The molecule has 0 aliphatic carbocycles. The lowest BCUT2D eigenvalue weighted by Crippen LogP contribution is -2.40. The highest BCUT2D eigenvalue weighted by molar-refractivity contribution is 7.89. The lowest BCUT2D eigenvalue weighted by Gasteiger charge is -2.32. The van der Waals surface area contributed by atoms with Crippen LogP contribution in [-0.4, -0.2) is 57.9 Å². The van der Waals surface area contributed by atoms with Crippen LogP contribution < -0.4 is 5.32 Å². The quantitative estimate of drug-likeness (QED) is 0.901. The van der Waals surface area contributed by atoms with Crippen molar-refractivity contribution in [3.8, 4) is 0 Å². The molecule has 0 aromatic heterocycles. The van der Waals surface area contributed by atoms with E-state index in [0.29, 0.717) is 10.9 Å². The van der Waals surface area contributed by atoms with Crippen LogP contribution in [0.1, 0.15) is 19.3 Å². The molecule has 0 spiro atoms. The summed E-state index contributed by atoms with van der Waals surface area (Å²) < 4.78 is 25.5. The van der Waals surface area contributed by atoms with Crippen molar-refractivity contribution in [2.75, 3.05) is 39.5 Å². The Morgan fingerprint density at radius 1 is 1.33 bits per heavy atom. The largest absolute Gasteiger partial charge is 0.383 e. The second-order valence-electron chi connectivity index (χ2n) is 5.83. The third kappa shape index (κ3) is 3.96. The van der Waals surface area contributed by atoms with Crippen LogP contribution in [0.15, 0.2) is 29.2 Å². The summed E-state index contributed by atoms with van der Waals surface area (Å²) in [6, 6.07) is 7.56. The molecule has 5 nitrogen and oxygen atoms in total. The van der Waals surface area contributed by atoms with Gasteiger partial charge < -0.3 is 10.2 Å². The van der Waals surface area contributed by atoms with Crippen LogP contribution in [0, 0.1) is 0 Å². The van der Waals surface area contributed by atoms with E-state index in [-0.39, 0.29) is 0 Å². The van der Waals surface area contributed by atoms with E-state index >= 15 is 0 Å². The van der Waals surface area contributed by atoms with E-state index in [1.54, 1.807) is 32.3 Å². The number of likely N-dealkylation sites (tertiary alicyclic amines) is 1. The van der Waals surface area contributed by atoms with Gasteiger partial charge in [0.1, 0.15) is 0 Å². The number of benzene rings is 1. The number of nitrogens with one attached hydrogen (secondary N) is 1. The zero-order valence-electron chi connectivity index (χ0n) is 13.0. The van der Waals surface area contributed by atoms with Crippen LogP contribution in [0.2, 0.25) is 0 Å². The Bertz CT molecular complexity index is 572. The van der Waals surface area contributed by atoms with Crippen LogP contribution in [0.4, 0.5) is 5.69 Å². The summed E-state index contributed by atoms with van der Waals surface area (Å²) in [7, 11) is 1.88. The molecular formula is C15H25N3O2S.